The second kappa shape index (κ2) is 5.18. The van der Waals surface area contributed by atoms with E-state index in [1.54, 1.807) is 11.3 Å². The SMILES string of the molecule is Cc1nc(C(C)NCc2ccncc2)cs1. The van der Waals surface area contributed by atoms with E-state index < -0.39 is 0 Å². The van der Waals surface area contributed by atoms with Crippen molar-refractivity contribution in [1.29, 1.82) is 0 Å². The van der Waals surface area contributed by atoms with Gasteiger partial charge in [-0.2, -0.15) is 0 Å². The molecule has 4 heteroatoms. The fourth-order valence-electron chi connectivity index (χ4n) is 1.46. The van der Waals surface area contributed by atoms with Gasteiger partial charge in [0, 0.05) is 30.4 Å². The van der Waals surface area contributed by atoms with Crippen LogP contribution >= 0.6 is 11.3 Å². The fraction of sp³-hybridized carbons (Fsp3) is 0.333. The van der Waals surface area contributed by atoms with Crippen LogP contribution in [0.15, 0.2) is 29.9 Å². The maximum absolute atomic E-state index is 4.47. The van der Waals surface area contributed by atoms with Crippen molar-refractivity contribution >= 4 is 11.3 Å². The molecule has 0 amide bonds. The Hall–Kier alpha value is -1.26. The summed E-state index contributed by atoms with van der Waals surface area (Å²) in [6.45, 7) is 5.01. The first-order valence-corrected chi connectivity index (χ1v) is 6.18. The van der Waals surface area contributed by atoms with Crippen molar-refractivity contribution in [1.82, 2.24) is 15.3 Å². The highest BCUT2D eigenvalue weighted by atomic mass is 32.1. The number of pyridine rings is 1. The number of thiazole rings is 1. The van der Waals surface area contributed by atoms with Crippen LogP contribution in [0.1, 0.15) is 29.2 Å². The standard InChI is InChI=1S/C12H15N3S/c1-9(12-8-16-10(2)15-12)14-7-11-3-5-13-6-4-11/h3-6,8-9,14H,7H2,1-2H3. The normalized spacial score (nSPS) is 12.6. The van der Waals surface area contributed by atoms with Gasteiger partial charge in [0.15, 0.2) is 0 Å². The summed E-state index contributed by atoms with van der Waals surface area (Å²) in [5.41, 5.74) is 2.37. The highest BCUT2D eigenvalue weighted by Gasteiger charge is 2.07. The van der Waals surface area contributed by atoms with Crippen molar-refractivity contribution in [3.05, 3.63) is 46.2 Å². The molecule has 0 saturated heterocycles. The summed E-state index contributed by atoms with van der Waals surface area (Å²) in [4.78, 5) is 8.46. The van der Waals surface area contributed by atoms with E-state index >= 15 is 0 Å². The van der Waals surface area contributed by atoms with Gasteiger partial charge >= 0.3 is 0 Å². The van der Waals surface area contributed by atoms with E-state index in [0.29, 0.717) is 0 Å². The molecular formula is C12H15N3S. The first-order chi connectivity index (χ1) is 7.75. The molecule has 0 aliphatic carbocycles. The minimum Gasteiger partial charge on any atom is -0.305 e. The minimum absolute atomic E-state index is 0.290. The maximum atomic E-state index is 4.47. The van der Waals surface area contributed by atoms with Crippen LogP contribution in [0, 0.1) is 6.92 Å². The van der Waals surface area contributed by atoms with Crippen LogP contribution in [-0.2, 0) is 6.54 Å². The van der Waals surface area contributed by atoms with Crippen molar-refractivity contribution in [3.63, 3.8) is 0 Å². The topological polar surface area (TPSA) is 37.8 Å². The lowest BCUT2D eigenvalue weighted by Gasteiger charge is -2.11. The average molecular weight is 233 g/mol. The number of rotatable bonds is 4. The van der Waals surface area contributed by atoms with E-state index in [1.807, 2.05) is 31.5 Å². The first-order valence-electron chi connectivity index (χ1n) is 5.30. The summed E-state index contributed by atoms with van der Waals surface area (Å²) < 4.78 is 0. The quantitative estimate of drug-likeness (QED) is 0.882. The predicted octanol–water partition coefficient (Wildman–Crippen LogP) is 2.70. The van der Waals surface area contributed by atoms with Crippen molar-refractivity contribution in [2.24, 2.45) is 0 Å². The van der Waals surface area contributed by atoms with Crippen molar-refractivity contribution in [2.75, 3.05) is 0 Å². The highest BCUT2D eigenvalue weighted by Crippen LogP contribution is 2.15. The molecule has 3 nitrogen and oxygen atoms in total. The molecule has 0 aliphatic heterocycles. The van der Waals surface area contributed by atoms with Gasteiger partial charge in [-0.25, -0.2) is 4.98 Å². The predicted molar refractivity (Wildman–Crippen MR) is 66.3 cm³/mol. The van der Waals surface area contributed by atoms with E-state index in [9.17, 15) is 0 Å². The van der Waals surface area contributed by atoms with E-state index in [0.717, 1.165) is 17.2 Å². The van der Waals surface area contributed by atoms with Crippen molar-refractivity contribution < 1.29 is 0 Å². The molecule has 0 radical (unpaired) electrons. The van der Waals surface area contributed by atoms with Gasteiger partial charge in [-0.3, -0.25) is 4.98 Å². The monoisotopic (exact) mass is 233 g/mol. The van der Waals surface area contributed by atoms with Crippen LogP contribution in [0.5, 0.6) is 0 Å². The number of hydrogen-bond acceptors (Lipinski definition) is 4. The molecule has 84 valence electrons. The van der Waals surface area contributed by atoms with Gasteiger partial charge in [0.1, 0.15) is 0 Å². The van der Waals surface area contributed by atoms with Gasteiger partial charge in [0.2, 0.25) is 0 Å². The molecule has 2 rings (SSSR count). The molecular weight excluding hydrogens is 218 g/mol. The number of aryl methyl sites for hydroxylation is 1. The second-order valence-corrected chi connectivity index (χ2v) is 4.81. The van der Waals surface area contributed by atoms with Crippen LogP contribution in [0.25, 0.3) is 0 Å². The number of nitrogens with one attached hydrogen (secondary N) is 1. The van der Waals surface area contributed by atoms with Crippen molar-refractivity contribution in [2.45, 2.75) is 26.4 Å². The molecule has 1 unspecified atom stereocenters. The molecule has 0 fully saturated rings. The van der Waals surface area contributed by atoms with Gasteiger partial charge in [0.25, 0.3) is 0 Å². The van der Waals surface area contributed by atoms with Gasteiger partial charge in [-0.15, -0.1) is 11.3 Å². The minimum atomic E-state index is 0.290. The van der Waals surface area contributed by atoms with Gasteiger partial charge in [0.05, 0.1) is 10.7 Å². The zero-order chi connectivity index (χ0) is 11.4. The summed E-state index contributed by atoms with van der Waals surface area (Å²) in [6.07, 6.45) is 3.63. The third kappa shape index (κ3) is 2.87. The fourth-order valence-corrected chi connectivity index (χ4v) is 2.16. The smallest absolute Gasteiger partial charge is 0.0898 e. The molecule has 0 spiro atoms. The van der Waals surface area contributed by atoms with Crippen LogP contribution in [0.4, 0.5) is 0 Å². The first kappa shape index (κ1) is 11.2. The Bertz CT molecular complexity index is 439. The molecule has 1 N–H and O–H groups in total. The number of hydrogen-bond donors (Lipinski definition) is 1. The van der Waals surface area contributed by atoms with E-state index in [2.05, 4.69) is 27.6 Å². The third-order valence-electron chi connectivity index (χ3n) is 2.44. The Kier molecular flexibility index (Phi) is 3.64. The van der Waals surface area contributed by atoms with E-state index in [4.69, 9.17) is 0 Å². The highest BCUT2D eigenvalue weighted by molar-refractivity contribution is 7.09. The second-order valence-electron chi connectivity index (χ2n) is 3.75. The Labute approximate surface area is 99.6 Å². The number of nitrogens with zero attached hydrogens (tertiary/aromatic N) is 2. The Balaban J connectivity index is 1.91. The molecule has 2 heterocycles. The Morgan fingerprint density at radius 2 is 2.12 bits per heavy atom. The average Bonchev–Trinajstić information content (AvgIpc) is 2.74. The van der Waals surface area contributed by atoms with Gasteiger partial charge < -0.3 is 5.32 Å². The van der Waals surface area contributed by atoms with Gasteiger partial charge in [-0.1, -0.05) is 0 Å². The molecule has 0 aliphatic rings. The maximum Gasteiger partial charge on any atom is 0.0898 e. The lowest BCUT2D eigenvalue weighted by molar-refractivity contribution is 0.563. The summed E-state index contributed by atoms with van der Waals surface area (Å²) >= 11 is 1.69. The largest absolute Gasteiger partial charge is 0.305 e. The Morgan fingerprint density at radius 3 is 2.75 bits per heavy atom. The summed E-state index contributed by atoms with van der Waals surface area (Å²) in [5.74, 6) is 0. The zero-order valence-corrected chi connectivity index (χ0v) is 10.3. The number of aromatic nitrogens is 2. The van der Waals surface area contributed by atoms with E-state index in [1.165, 1.54) is 5.56 Å². The van der Waals surface area contributed by atoms with Crippen LogP contribution < -0.4 is 5.32 Å². The molecule has 0 bridgehead atoms. The van der Waals surface area contributed by atoms with Crippen LogP contribution in [0.2, 0.25) is 0 Å². The third-order valence-corrected chi connectivity index (χ3v) is 3.23. The molecule has 2 aromatic heterocycles. The van der Waals surface area contributed by atoms with Crippen LogP contribution in [0.3, 0.4) is 0 Å². The molecule has 0 saturated carbocycles. The van der Waals surface area contributed by atoms with E-state index in [-0.39, 0.29) is 6.04 Å². The molecule has 16 heavy (non-hydrogen) atoms. The summed E-state index contributed by atoms with van der Waals surface area (Å²) in [7, 11) is 0. The van der Waals surface area contributed by atoms with Gasteiger partial charge in [-0.05, 0) is 31.5 Å². The lowest BCUT2D eigenvalue weighted by atomic mass is 10.2. The summed E-state index contributed by atoms with van der Waals surface area (Å²) in [5, 5.41) is 6.67. The zero-order valence-electron chi connectivity index (χ0n) is 9.47. The molecule has 2 aromatic rings. The summed E-state index contributed by atoms with van der Waals surface area (Å²) in [6, 6.07) is 4.33. The lowest BCUT2D eigenvalue weighted by Crippen LogP contribution is -2.18. The molecule has 0 aromatic carbocycles. The van der Waals surface area contributed by atoms with Crippen molar-refractivity contribution in [3.8, 4) is 0 Å². The molecule has 1 atom stereocenters. The Morgan fingerprint density at radius 1 is 1.38 bits per heavy atom. The van der Waals surface area contributed by atoms with Crippen LogP contribution in [-0.4, -0.2) is 9.97 Å².